The van der Waals surface area contributed by atoms with E-state index in [0.29, 0.717) is 13.0 Å². The van der Waals surface area contributed by atoms with Crippen LogP contribution in [0.25, 0.3) is 0 Å². The van der Waals surface area contributed by atoms with Crippen LogP contribution in [0.15, 0.2) is 54.6 Å². The third-order valence-corrected chi connectivity index (χ3v) is 5.01. The number of ether oxygens (including phenoxy) is 1. The molecule has 0 radical (unpaired) electrons. The van der Waals surface area contributed by atoms with E-state index in [4.69, 9.17) is 9.84 Å². The normalized spacial score (nSPS) is 16.5. The van der Waals surface area contributed by atoms with E-state index in [1.54, 1.807) is 0 Å². The maximum atomic E-state index is 12.7. The third-order valence-electron chi connectivity index (χ3n) is 5.01. The van der Waals surface area contributed by atoms with Gasteiger partial charge in [0.15, 0.2) is 0 Å². The summed E-state index contributed by atoms with van der Waals surface area (Å²) in [5.41, 5.74) is 2.87. The second-order valence-corrected chi connectivity index (χ2v) is 7.23. The molecule has 0 aliphatic carbocycles. The highest BCUT2D eigenvalue weighted by molar-refractivity contribution is 5.89. The molecule has 1 aliphatic heterocycles. The molecule has 4 N–H and O–H groups in total. The molecule has 3 atom stereocenters. The number of fused-ring (bicyclic) bond motifs is 1. The van der Waals surface area contributed by atoms with Crippen LogP contribution in [0.1, 0.15) is 30.4 Å². The highest BCUT2D eigenvalue weighted by atomic mass is 16.5. The van der Waals surface area contributed by atoms with E-state index in [9.17, 15) is 14.4 Å². The van der Waals surface area contributed by atoms with Crippen LogP contribution >= 0.6 is 0 Å². The zero-order valence-corrected chi connectivity index (χ0v) is 16.6. The SMILES string of the molecule is CC(NC(=O)C(CC1CNc2ccccc21)NC(=O)OCc1ccccc1)C(=O)O. The number of aliphatic carboxylic acids is 1. The average molecular weight is 411 g/mol. The van der Waals surface area contributed by atoms with Crippen molar-refractivity contribution in [2.75, 3.05) is 11.9 Å². The topological polar surface area (TPSA) is 117 Å². The molecule has 0 saturated carbocycles. The summed E-state index contributed by atoms with van der Waals surface area (Å²) in [6.45, 7) is 2.07. The predicted octanol–water partition coefficient (Wildman–Crippen LogP) is 2.47. The van der Waals surface area contributed by atoms with Crippen molar-refractivity contribution in [1.82, 2.24) is 10.6 Å². The lowest BCUT2D eigenvalue weighted by molar-refractivity contribution is -0.141. The van der Waals surface area contributed by atoms with Crippen molar-refractivity contribution < 1.29 is 24.2 Å². The van der Waals surface area contributed by atoms with Crippen molar-refractivity contribution in [1.29, 1.82) is 0 Å². The van der Waals surface area contributed by atoms with Crippen LogP contribution in [0, 0.1) is 0 Å². The van der Waals surface area contributed by atoms with Gasteiger partial charge in [0.2, 0.25) is 5.91 Å². The minimum Gasteiger partial charge on any atom is -0.480 e. The number of carboxylic acids is 1. The number of carbonyl (C=O) groups excluding carboxylic acids is 2. The molecule has 0 bridgehead atoms. The summed E-state index contributed by atoms with van der Waals surface area (Å²) >= 11 is 0. The number of para-hydroxylation sites is 1. The number of nitrogens with one attached hydrogen (secondary N) is 3. The molecule has 158 valence electrons. The molecule has 2 aromatic carbocycles. The molecule has 0 saturated heterocycles. The fourth-order valence-corrected chi connectivity index (χ4v) is 3.37. The van der Waals surface area contributed by atoms with Crippen LogP contribution in [0.3, 0.4) is 0 Å². The number of carbonyl (C=O) groups is 3. The summed E-state index contributed by atoms with van der Waals surface area (Å²) in [5.74, 6) is -1.72. The summed E-state index contributed by atoms with van der Waals surface area (Å²) in [6, 6.07) is 15.0. The number of anilines is 1. The van der Waals surface area contributed by atoms with Crippen LogP contribution in [-0.2, 0) is 20.9 Å². The molecule has 30 heavy (non-hydrogen) atoms. The maximum Gasteiger partial charge on any atom is 0.408 e. The van der Waals surface area contributed by atoms with Gasteiger partial charge in [-0.05, 0) is 30.5 Å². The van der Waals surface area contributed by atoms with Gasteiger partial charge in [0.25, 0.3) is 0 Å². The van der Waals surface area contributed by atoms with E-state index in [0.717, 1.165) is 16.8 Å². The smallest absolute Gasteiger partial charge is 0.408 e. The van der Waals surface area contributed by atoms with Crippen molar-refractivity contribution in [2.45, 2.75) is 38.0 Å². The molecule has 1 heterocycles. The summed E-state index contributed by atoms with van der Waals surface area (Å²) in [4.78, 5) is 36.1. The second kappa shape index (κ2) is 9.78. The number of amides is 2. The molecule has 3 unspecified atom stereocenters. The van der Waals surface area contributed by atoms with Gasteiger partial charge in [-0.3, -0.25) is 9.59 Å². The molecular weight excluding hydrogens is 386 g/mol. The molecule has 1 aliphatic rings. The standard InChI is InChI=1S/C22H25N3O5/c1-14(21(27)28)24-20(26)19(11-16-12-23-18-10-6-5-9-17(16)18)25-22(29)30-13-15-7-3-2-4-8-15/h2-10,14,16,19,23H,11-13H2,1H3,(H,24,26)(H,25,29)(H,27,28). The van der Waals surface area contributed by atoms with Gasteiger partial charge in [-0.1, -0.05) is 48.5 Å². The monoisotopic (exact) mass is 411 g/mol. The van der Waals surface area contributed by atoms with Crippen LogP contribution < -0.4 is 16.0 Å². The Hall–Kier alpha value is -3.55. The molecular formula is C22H25N3O5. The number of rotatable bonds is 8. The fourth-order valence-electron chi connectivity index (χ4n) is 3.37. The first-order chi connectivity index (χ1) is 14.4. The Morgan fingerprint density at radius 1 is 1.10 bits per heavy atom. The van der Waals surface area contributed by atoms with Crippen LogP contribution in [0.4, 0.5) is 10.5 Å². The lowest BCUT2D eigenvalue weighted by Crippen LogP contribution is -2.51. The van der Waals surface area contributed by atoms with Gasteiger partial charge in [-0.25, -0.2) is 4.79 Å². The number of hydrogen-bond donors (Lipinski definition) is 4. The van der Waals surface area contributed by atoms with Crippen LogP contribution in [-0.4, -0.2) is 41.7 Å². The molecule has 2 amide bonds. The van der Waals surface area contributed by atoms with E-state index in [-0.39, 0.29) is 12.5 Å². The van der Waals surface area contributed by atoms with E-state index >= 15 is 0 Å². The number of benzene rings is 2. The van der Waals surface area contributed by atoms with Crippen molar-refractivity contribution >= 4 is 23.7 Å². The first-order valence-electron chi connectivity index (χ1n) is 9.77. The van der Waals surface area contributed by atoms with Crippen molar-refractivity contribution in [3.63, 3.8) is 0 Å². The van der Waals surface area contributed by atoms with Gasteiger partial charge in [-0.15, -0.1) is 0 Å². The summed E-state index contributed by atoms with van der Waals surface area (Å²) in [7, 11) is 0. The zero-order valence-electron chi connectivity index (χ0n) is 16.6. The zero-order chi connectivity index (χ0) is 21.5. The van der Waals surface area contributed by atoms with Gasteiger partial charge in [0.05, 0.1) is 0 Å². The number of alkyl carbamates (subject to hydrolysis) is 1. The highest BCUT2D eigenvalue weighted by Crippen LogP contribution is 2.34. The lowest BCUT2D eigenvalue weighted by atomic mass is 9.93. The van der Waals surface area contributed by atoms with E-state index in [1.165, 1.54) is 6.92 Å². The molecule has 2 aromatic rings. The maximum absolute atomic E-state index is 12.7. The largest absolute Gasteiger partial charge is 0.480 e. The first-order valence-corrected chi connectivity index (χ1v) is 9.77. The third kappa shape index (κ3) is 5.50. The summed E-state index contributed by atoms with van der Waals surface area (Å²) < 4.78 is 5.23. The van der Waals surface area contributed by atoms with Crippen molar-refractivity contribution in [2.24, 2.45) is 0 Å². The molecule has 8 nitrogen and oxygen atoms in total. The lowest BCUT2D eigenvalue weighted by Gasteiger charge is -2.22. The summed E-state index contributed by atoms with van der Waals surface area (Å²) in [6.07, 6.45) is -0.427. The Kier molecular flexibility index (Phi) is 6.90. The molecule has 0 aromatic heterocycles. The number of hydrogen-bond acceptors (Lipinski definition) is 5. The van der Waals surface area contributed by atoms with Crippen molar-refractivity contribution in [3.05, 3.63) is 65.7 Å². The van der Waals surface area contributed by atoms with Crippen LogP contribution in [0.5, 0.6) is 0 Å². The summed E-state index contributed by atoms with van der Waals surface area (Å²) in [5, 5.41) is 17.4. The van der Waals surface area contributed by atoms with E-state index in [2.05, 4.69) is 16.0 Å². The average Bonchev–Trinajstić information content (AvgIpc) is 3.15. The second-order valence-electron chi connectivity index (χ2n) is 7.23. The Bertz CT molecular complexity index is 903. The first kappa shape index (κ1) is 21.2. The minimum absolute atomic E-state index is 0.00786. The van der Waals surface area contributed by atoms with Gasteiger partial charge in [0.1, 0.15) is 18.7 Å². The van der Waals surface area contributed by atoms with Gasteiger partial charge in [0, 0.05) is 18.2 Å². The molecule has 0 spiro atoms. The molecule has 3 rings (SSSR count). The Balaban J connectivity index is 1.66. The Morgan fingerprint density at radius 3 is 2.53 bits per heavy atom. The number of carboxylic acid groups (broad SMARTS) is 1. The van der Waals surface area contributed by atoms with Crippen LogP contribution in [0.2, 0.25) is 0 Å². The van der Waals surface area contributed by atoms with E-state index < -0.39 is 30.1 Å². The fraction of sp³-hybridized carbons (Fsp3) is 0.318. The Labute approximate surface area is 174 Å². The quantitative estimate of drug-likeness (QED) is 0.530. The van der Waals surface area contributed by atoms with E-state index in [1.807, 2.05) is 54.6 Å². The predicted molar refractivity (Wildman–Crippen MR) is 111 cm³/mol. The van der Waals surface area contributed by atoms with Gasteiger partial charge < -0.3 is 25.8 Å². The van der Waals surface area contributed by atoms with Crippen molar-refractivity contribution in [3.8, 4) is 0 Å². The molecule has 8 heteroatoms. The van der Waals surface area contributed by atoms with Gasteiger partial charge in [-0.2, -0.15) is 0 Å². The molecule has 0 fully saturated rings. The Morgan fingerprint density at radius 2 is 1.80 bits per heavy atom. The van der Waals surface area contributed by atoms with Gasteiger partial charge >= 0.3 is 12.1 Å². The minimum atomic E-state index is -1.15. The highest BCUT2D eigenvalue weighted by Gasteiger charge is 2.31.